The highest BCUT2D eigenvalue weighted by Crippen LogP contribution is 2.41. The summed E-state index contributed by atoms with van der Waals surface area (Å²) in [5.74, 6) is 0.300. The van der Waals surface area contributed by atoms with Crippen LogP contribution in [-0.4, -0.2) is 16.8 Å². The van der Waals surface area contributed by atoms with Crippen molar-refractivity contribution >= 4 is 5.69 Å². The fraction of sp³-hybridized carbons (Fsp3) is 0.278. The minimum Gasteiger partial charge on any atom is -0.485 e. The molecule has 0 unspecified atom stereocenters. The molecule has 0 radical (unpaired) electrons. The van der Waals surface area contributed by atoms with Gasteiger partial charge in [0.2, 0.25) is 0 Å². The number of aliphatic hydroxyl groups excluding tert-OH is 1. The van der Waals surface area contributed by atoms with Crippen LogP contribution in [0, 0.1) is 17.1 Å². The van der Waals surface area contributed by atoms with Crippen LogP contribution in [0.25, 0.3) is 0 Å². The third-order valence-corrected chi connectivity index (χ3v) is 4.04. The smallest absolute Gasteiger partial charge is 0.132 e. The van der Waals surface area contributed by atoms with Gasteiger partial charge in [0.1, 0.15) is 23.3 Å². The number of nitrogens with one attached hydrogen (secondary N) is 1. The molecule has 0 aliphatic carbocycles. The number of hydrogen-bond acceptors (Lipinski definition) is 4. The van der Waals surface area contributed by atoms with Gasteiger partial charge in [-0.3, -0.25) is 0 Å². The third-order valence-electron chi connectivity index (χ3n) is 4.04. The fourth-order valence-electron chi connectivity index (χ4n) is 2.75. The summed E-state index contributed by atoms with van der Waals surface area (Å²) < 4.78 is 18.9. The summed E-state index contributed by atoms with van der Waals surface area (Å²) in [7, 11) is 0. The second-order valence-electron chi connectivity index (χ2n) is 6.14. The Morgan fingerprint density at radius 1 is 1.22 bits per heavy atom. The van der Waals surface area contributed by atoms with Crippen LogP contribution < -0.4 is 10.1 Å². The van der Waals surface area contributed by atoms with E-state index in [0.29, 0.717) is 22.6 Å². The van der Waals surface area contributed by atoms with Gasteiger partial charge in [-0.25, -0.2) is 4.39 Å². The fourth-order valence-corrected chi connectivity index (χ4v) is 2.75. The quantitative estimate of drug-likeness (QED) is 0.892. The maximum absolute atomic E-state index is 13.1. The van der Waals surface area contributed by atoms with Crippen LogP contribution in [0.2, 0.25) is 0 Å². The molecule has 0 aromatic heterocycles. The number of benzene rings is 2. The lowest BCUT2D eigenvalue weighted by Gasteiger charge is -2.42. The zero-order chi connectivity index (χ0) is 16.6. The molecule has 4 nitrogen and oxygen atoms in total. The Kier molecular flexibility index (Phi) is 3.70. The molecule has 2 aromatic carbocycles. The molecule has 0 saturated carbocycles. The first kappa shape index (κ1) is 15.3. The number of nitrogens with zero attached hydrogens (tertiary/aromatic N) is 1. The Labute approximate surface area is 134 Å². The number of halogens is 1. The first-order valence-electron chi connectivity index (χ1n) is 7.34. The predicted molar refractivity (Wildman–Crippen MR) is 84.6 cm³/mol. The molecule has 23 heavy (non-hydrogen) atoms. The van der Waals surface area contributed by atoms with E-state index in [2.05, 4.69) is 11.4 Å². The van der Waals surface area contributed by atoms with Gasteiger partial charge in [-0.15, -0.1) is 0 Å². The second-order valence-corrected chi connectivity index (χ2v) is 6.14. The highest BCUT2D eigenvalue weighted by Gasteiger charge is 2.43. The molecule has 0 bridgehead atoms. The van der Waals surface area contributed by atoms with Gasteiger partial charge >= 0.3 is 0 Å². The summed E-state index contributed by atoms with van der Waals surface area (Å²) >= 11 is 0. The highest BCUT2D eigenvalue weighted by atomic mass is 19.1. The standard InChI is InChI=1S/C18H17FN2O2/c1-18(2)17(22)16(21-13-6-4-12(19)5-7-13)14-9-11(10-20)3-8-15(14)23-18/h3-9,16-17,21-22H,1-2H3/t16-,17+/m0/s1. The maximum Gasteiger partial charge on any atom is 0.132 e. The molecule has 2 N–H and O–H groups in total. The van der Waals surface area contributed by atoms with Crippen molar-refractivity contribution in [2.75, 3.05) is 5.32 Å². The summed E-state index contributed by atoms with van der Waals surface area (Å²) in [6.45, 7) is 3.61. The van der Waals surface area contributed by atoms with E-state index in [9.17, 15) is 9.50 Å². The summed E-state index contributed by atoms with van der Waals surface area (Å²) in [6, 6.07) is 12.7. The normalized spacial score (nSPS) is 21.7. The van der Waals surface area contributed by atoms with Crippen LogP contribution in [0.1, 0.15) is 31.0 Å². The van der Waals surface area contributed by atoms with E-state index in [4.69, 9.17) is 10.00 Å². The van der Waals surface area contributed by atoms with Gasteiger partial charge in [0.05, 0.1) is 17.7 Å². The molecule has 2 atom stereocenters. The number of aliphatic hydroxyl groups is 1. The monoisotopic (exact) mass is 312 g/mol. The van der Waals surface area contributed by atoms with Crippen LogP contribution in [0.15, 0.2) is 42.5 Å². The van der Waals surface area contributed by atoms with E-state index in [1.165, 1.54) is 12.1 Å². The number of rotatable bonds is 2. The molecule has 2 aromatic rings. The van der Waals surface area contributed by atoms with Crippen molar-refractivity contribution in [1.82, 2.24) is 0 Å². The van der Waals surface area contributed by atoms with Gasteiger partial charge in [0.15, 0.2) is 0 Å². The Bertz CT molecular complexity index is 766. The van der Waals surface area contributed by atoms with Crippen molar-refractivity contribution in [3.8, 4) is 11.8 Å². The maximum atomic E-state index is 13.1. The van der Waals surface area contributed by atoms with Crippen molar-refractivity contribution in [3.05, 3.63) is 59.4 Å². The minimum absolute atomic E-state index is 0.324. The van der Waals surface area contributed by atoms with Crippen molar-refractivity contribution in [2.24, 2.45) is 0 Å². The number of fused-ring (bicyclic) bond motifs is 1. The van der Waals surface area contributed by atoms with Crippen LogP contribution in [0.3, 0.4) is 0 Å². The molecular formula is C18H17FN2O2. The summed E-state index contributed by atoms with van der Waals surface area (Å²) in [5, 5.41) is 23.0. The Hall–Kier alpha value is -2.58. The van der Waals surface area contributed by atoms with Crippen molar-refractivity contribution < 1.29 is 14.2 Å². The number of anilines is 1. The lowest BCUT2D eigenvalue weighted by atomic mass is 9.86. The minimum atomic E-state index is -0.839. The summed E-state index contributed by atoms with van der Waals surface area (Å²) in [6.07, 6.45) is -0.839. The van der Waals surface area contributed by atoms with E-state index >= 15 is 0 Å². The first-order chi connectivity index (χ1) is 10.9. The summed E-state index contributed by atoms with van der Waals surface area (Å²) in [4.78, 5) is 0. The lowest BCUT2D eigenvalue weighted by Crippen LogP contribution is -2.50. The zero-order valence-electron chi connectivity index (χ0n) is 12.9. The molecule has 3 rings (SSSR count). The van der Waals surface area contributed by atoms with E-state index in [-0.39, 0.29) is 5.82 Å². The molecule has 0 saturated heterocycles. The van der Waals surface area contributed by atoms with Gasteiger partial charge in [0.25, 0.3) is 0 Å². The van der Waals surface area contributed by atoms with Crippen LogP contribution in [0.4, 0.5) is 10.1 Å². The van der Waals surface area contributed by atoms with E-state index in [1.807, 2.05) is 0 Å². The van der Waals surface area contributed by atoms with Crippen molar-refractivity contribution in [2.45, 2.75) is 31.6 Å². The molecule has 0 spiro atoms. The van der Waals surface area contributed by atoms with E-state index in [0.717, 1.165) is 0 Å². The number of hydrogen-bond donors (Lipinski definition) is 2. The van der Waals surface area contributed by atoms with Gasteiger partial charge in [-0.1, -0.05) is 0 Å². The Morgan fingerprint density at radius 3 is 2.57 bits per heavy atom. The lowest BCUT2D eigenvalue weighted by molar-refractivity contribution is -0.0532. The van der Waals surface area contributed by atoms with Gasteiger partial charge in [-0.05, 0) is 56.3 Å². The zero-order valence-corrected chi connectivity index (χ0v) is 12.9. The first-order valence-corrected chi connectivity index (χ1v) is 7.34. The average molecular weight is 312 g/mol. The molecule has 0 fully saturated rings. The largest absolute Gasteiger partial charge is 0.485 e. The van der Waals surface area contributed by atoms with Crippen LogP contribution in [-0.2, 0) is 0 Å². The van der Waals surface area contributed by atoms with Crippen LogP contribution in [0.5, 0.6) is 5.75 Å². The topological polar surface area (TPSA) is 65.3 Å². The SMILES string of the molecule is CC1(C)Oc2ccc(C#N)cc2[C@H](Nc2ccc(F)cc2)[C@H]1O. The molecule has 118 valence electrons. The molecule has 1 aliphatic rings. The predicted octanol–water partition coefficient (Wildman–Crippen LogP) is 3.38. The number of nitriles is 1. The Morgan fingerprint density at radius 2 is 1.91 bits per heavy atom. The summed E-state index contributed by atoms with van der Waals surface area (Å²) in [5.41, 5.74) is 1.09. The van der Waals surface area contributed by atoms with Crippen molar-refractivity contribution in [3.63, 3.8) is 0 Å². The molecule has 1 aliphatic heterocycles. The molecule has 1 heterocycles. The molecular weight excluding hydrogens is 295 g/mol. The van der Waals surface area contributed by atoms with Gasteiger partial charge < -0.3 is 15.2 Å². The average Bonchev–Trinajstić information content (AvgIpc) is 2.53. The van der Waals surface area contributed by atoms with Crippen LogP contribution >= 0.6 is 0 Å². The van der Waals surface area contributed by atoms with Gasteiger partial charge in [0, 0.05) is 11.3 Å². The van der Waals surface area contributed by atoms with Gasteiger partial charge in [-0.2, -0.15) is 5.26 Å². The highest BCUT2D eigenvalue weighted by molar-refractivity contribution is 5.52. The third kappa shape index (κ3) is 2.86. The van der Waals surface area contributed by atoms with E-state index < -0.39 is 17.7 Å². The number of ether oxygens (including phenoxy) is 1. The molecule has 0 amide bonds. The van der Waals surface area contributed by atoms with Crippen molar-refractivity contribution in [1.29, 1.82) is 5.26 Å². The second kappa shape index (κ2) is 5.56. The molecule has 5 heteroatoms. The Balaban J connectivity index is 2.03. The van der Waals surface area contributed by atoms with E-state index in [1.54, 1.807) is 44.2 Å².